The highest BCUT2D eigenvalue weighted by molar-refractivity contribution is 5.64. The van der Waals surface area contributed by atoms with E-state index in [9.17, 15) is 13.6 Å². The molecule has 0 amide bonds. The molecule has 20 heavy (non-hydrogen) atoms. The van der Waals surface area contributed by atoms with Gasteiger partial charge in [0.15, 0.2) is 5.43 Å². The number of benzene rings is 1. The number of hydrogen-bond acceptors (Lipinski definition) is 1. The van der Waals surface area contributed by atoms with Gasteiger partial charge in [-0.1, -0.05) is 38.1 Å². The smallest absolute Gasteiger partial charge is 0.189 e. The maximum absolute atomic E-state index is 13.9. The van der Waals surface area contributed by atoms with Crippen LogP contribution in [0.2, 0.25) is 0 Å². The van der Waals surface area contributed by atoms with Crippen LogP contribution in [0.4, 0.5) is 8.78 Å². The maximum atomic E-state index is 13.9. The van der Waals surface area contributed by atoms with Crippen molar-refractivity contribution < 1.29 is 8.78 Å². The van der Waals surface area contributed by atoms with Gasteiger partial charge < -0.3 is 0 Å². The van der Waals surface area contributed by atoms with Gasteiger partial charge in [-0.3, -0.25) is 4.79 Å². The van der Waals surface area contributed by atoms with Crippen LogP contribution in [0.15, 0.2) is 47.3 Å². The van der Waals surface area contributed by atoms with Gasteiger partial charge in [-0.15, -0.1) is 0 Å². The summed E-state index contributed by atoms with van der Waals surface area (Å²) < 4.78 is 26.9. The third kappa shape index (κ3) is 2.77. The Morgan fingerprint density at radius 1 is 1.05 bits per heavy atom. The molecule has 1 nitrogen and oxygen atoms in total. The molecule has 0 heterocycles. The first kappa shape index (κ1) is 14.4. The average molecular weight is 274 g/mol. The predicted octanol–water partition coefficient (Wildman–Crippen LogP) is 4.51. The molecule has 0 aliphatic carbocycles. The lowest BCUT2D eigenvalue weighted by Crippen LogP contribution is -2.11. The Hall–Kier alpha value is -2.03. The molecular formula is C17H16F2O. The number of halogens is 2. The fraction of sp³-hybridized carbons (Fsp3) is 0.235. The Labute approximate surface area is 116 Å². The summed E-state index contributed by atoms with van der Waals surface area (Å²) in [4.78, 5) is 12.5. The molecule has 0 bridgehead atoms. The van der Waals surface area contributed by atoms with Crippen molar-refractivity contribution in [2.45, 2.75) is 26.2 Å². The highest BCUT2D eigenvalue weighted by Gasteiger charge is 2.13. The van der Waals surface area contributed by atoms with Crippen molar-refractivity contribution >= 4 is 0 Å². The summed E-state index contributed by atoms with van der Waals surface area (Å²) in [6.07, 6.45) is 0.824. The zero-order valence-corrected chi connectivity index (χ0v) is 11.5. The van der Waals surface area contributed by atoms with E-state index in [0.29, 0.717) is 5.56 Å². The molecule has 3 heteroatoms. The lowest BCUT2D eigenvalue weighted by molar-refractivity contribution is 0.585. The van der Waals surface area contributed by atoms with E-state index in [-0.39, 0.29) is 22.5 Å². The van der Waals surface area contributed by atoms with E-state index in [1.165, 1.54) is 6.07 Å². The van der Waals surface area contributed by atoms with Crippen LogP contribution in [0.5, 0.6) is 0 Å². The van der Waals surface area contributed by atoms with Gasteiger partial charge in [-0.2, -0.15) is 0 Å². The fourth-order valence-corrected chi connectivity index (χ4v) is 2.15. The van der Waals surface area contributed by atoms with Gasteiger partial charge in [0.1, 0.15) is 11.6 Å². The molecule has 0 saturated heterocycles. The summed E-state index contributed by atoms with van der Waals surface area (Å²) in [7, 11) is 0. The van der Waals surface area contributed by atoms with Crippen LogP contribution in [0, 0.1) is 11.6 Å². The van der Waals surface area contributed by atoms with Gasteiger partial charge in [0.05, 0.1) is 0 Å². The second-order valence-corrected chi connectivity index (χ2v) is 4.85. The summed E-state index contributed by atoms with van der Waals surface area (Å²) in [6, 6.07) is 10.1. The molecule has 104 valence electrons. The Morgan fingerprint density at radius 3 is 2.40 bits per heavy atom. The second-order valence-electron chi connectivity index (χ2n) is 4.85. The largest absolute Gasteiger partial charge is 0.289 e. The third-order valence-electron chi connectivity index (χ3n) is 3.52. The average Bonchev–Trinajstić information content (AvgIpc) is 2.60. The summed E-state index contributed by atoms with van der Waals surface area (Å²) in [5, 5.41) is 0. The highest BCUT2D eigenvalue weighted by atomic mass is 19.1. The van der Waals surface area contributed by atoms with Gasteiger partial charge >= 0.3 is 0 Å². The van der Waals surface area contributed by atoms with E-state index in [4.69, 9.17) is 0 Å². The first-order valence-electron chi connectivity index (χ1n) is 6.63. The third-order valence-corrected chi connectivity index (χ3v) is 3.52. The first-order valence-corrected chi connectivity index (χ1v) is 6.63. The minimum absolute atomic E-state index is 0.0946. The van der Waals surface area contributed by atoms with Crippen molar-refractivity contribution in [2.24, 2.45) is 0 Å². The van der Waals surface area contributed by atoms with Crippen molar-refractivity contribution in [3.05, 3.63) is 69.9 Å². The molecule has 1 unspecified atom stereocenters. The van der Waals surface area contributed by atoms with Crippen molar-refractivity contribution in [3.63, 3.8) is 0 Å². The molecule has 0 N–H and O–H groups in total. The number of hydrogen-bond donors (Lipinski definition) is 0. The van der Waals surface area contributed by atoms with Crippen molar-refractivity contribution in [1.29, 1.82) is 0 Å². The van der Waals surface area contributed by atoms with E-state index in [0.717, 1.165) is 18.6 Å². The van der Waals surface area contributed by atoms with Crippen molar-refractivity contribution in [1.82, 2.24) is 0 Å². The molecule has 0 saturated carbocycles. The van der Waals surface area contributed by atoms with E-state index < -0.39 is 11.6 Å². The zero-order valence-electron chi connectivity index (χ0n) is 11.5. The van der Waals surface area contributed by atoms with Crippen molar-refractivity contribution in [2.75, 3.05) is 0 Å². The first-order chi connectivity index (χ1) is 9.54. The Kier molecular flexibility index (Phi) is 4.28. The van der Waals surface area contributed by atoms with E-state index in [2.05, 4.69) is 0 Å². The molecule has 2 aromatic rings. The Balaban J connectivity index is 2.70. The summed E-state index contributed by atoms with van der Waals surface area (Å²) in [6.45, 7) is 3.96. The normalized spacial score (nSPS) is 12.2. The van der Waals surface area contributed by atoms with Gasteiger partial charge in [-0.05, 0) is 24.5 Å². The summed E-state index contributed by atoms with van der Waals surface area (Å²) >= 11 is 0. The molecule has 0 spiro atoms. The monoisotopic (exact) mass is 274 g/mol. The molecule has 0 aliphatic rings. The van der Waals surface area contributed by atoms with E-state index in [1.807, 2.05) is 13.8 Å². The predicted molar refractivity (Wildman–Crippen MR) is 76.8 cm³/mol. The molecule has 0 radical (unpaired) electrons. The maximum Gasteiger partial charge on any atom is 0.189 e. The van der Waals surface area contributed by atoms with Crippen LogP contribution in [0.25, 0.3) is 11.1 Å². The van der Waals surface area contributed by atoms with Crippen LogP contribution < -0.4 is 5.43 Å². The molecule has 2 rings (SSSR count). The molecular weight excluding hydrogens is 258 g/mol. The lowest BCUT2D eigenvalue weighted by atomic mass is 9.97. The van der Waals surface area contributed by atoms with E-state index in [1.54, 1.807) is 24.3 Å². The quantitative estimate of drug-likeness (QED) is 0.805. The van der Waals surface area contributed by atoms with Crippen LogP contribution >= 0.6 is 0 Å². The molecule has 0 aliphatic heterocycles. The molecule has 1 atom stereocenters. The highest BCUT2D eigenvalue weighted by Crippen LogP contribution is 2.22. The number of rotatable bonds is 3. The summed E-state index contributed by atoms with van der Waals surface area (Å²) in [5.74, 6) is -1.28. The SMILES string of the molecule is CCC(C)c1ccccc(-c2ccc(F)cc2F)c1=O. The van der Waals surface area contributed by atoms with Crippen LogP contribution in [0.3, 0.4) is 0 Å². The minimum atomic E-state index is -0.719. The second kappa shape index (κ2) is 5.95. The minimum Gasteiger partial charge on any atom is -0.289 e. The van der Waals surface area contributed by atoms with Crippen LogP contribution in [0.1, 0.15) is 31.7 Å². The van der Waals surface area contributed by atoms with Gasteiger partial charge in [0, 0.05) is 22.8 Å². The Morgan fingerprint density at radius 2 is 1.75 bits per heavy atom. The fourth-order valence-electron chi connectivity index (χ4n) is 2.15. The Bertz CT molecular complexity index is 680. The lowest BCUT2D eigenvalue weighted by Gasteiger charge is -2.07. The zero-order chi connectivity index (χ0) is 14.7. The van der Waals surface area contributed by atoms with Crippen molar-refractivity contribution in [3.8, 4) is 11.1 Å². The molecule has 2 aromatic carbocycles. The molecule has 0 aromatic heterocycles. The topological polar surface area (TPSA) is 17.1 Å². The van der Waals surface area contributed by atoms with Crippen LogP contribution in [-0.4, -0.2) is 0 Å². The van der Waals surface area contributed by atoms with Crippen LogP contribution in [-0.2, 0) is 0 Å². The van der Waals surface area contributed by atoms with Gasteiger partial charge in [0.2, 0.25) is 0 Å². The molecule has 0 fully saturated rings. The van der Waals surface area contributed by atoms with E-state index >= 15 is 0 Å². The summed E-state index contributed by atoms with van der Waals surface area (Å²) in [5.41, 5.74) is 0.853. The van der Waals surface area contributed by atoms with Gasteiger partial charge in [-0.25, -0.2) is 8.78 Å². The standard InChI is InChI=1S/C17H16F2O/c1-3-11(2)13-6-4-5-7-15(17(13)20)14-9-8-12(18)10-16(14)19/h4-11H,3H2,1-2H3. The van der Waals surface area contributed by atoms with Gasteiger partial charge in [0.25, 0.3) is 0 Å².